The lowest BCUT2D eigenvalue weighted by Crippen LogP contribution is -2.55. The van der Waals surface area contributed by atoms with Crippen LogP contribution in [0.4, 0.5) is 15.3 Å². The van der Waals surface area contributed by atoms with Crippen LogP contribution in [0.3, 0.4) is 0 Å². The number of aromatic hydroxyl groups is 2. The Labute approximate surface area is 466 Å². The molecular formula is C57H68N6O18. The van der Waals surface area contributed by atoms with Gasteiger partial charge < -0.3 is 66.4 Å². The minimum atomic E-state index is -2.18. The lowest BCUT2D eigenvalue weighted by Gasteiger charge is -2.42. The van der Waals surface area contributed by atoms with Gasteiger partial charge in [-0.15, -0.1) is 0 Å². The van der Waals surface area contributed by atoms with Gasteiger partial charge in [0, 0.05) is 85.6 Å². The first-order valence-corrected chi connectivity index (χ1v) is 26.7. The first kappa shape index (κ1) is 60.6. The smallest absolute Gasteiger partial charge is 0.407 e. The van der Waals surface area contributed by atoms with Gasteiger partial charge in [0.2, 0.25) is 17.6 Å². The Morgan fingerprint density at radius 3 is 2.25 bits per heavy atom. The SMILES string of the molecule is COc1cccc2c1C(=O)c1c(O)c3c(c(O)c1C2=O)C[C@@](O)(C(C)=O)C[C@@H]3O[C@H]1C[C@H](NC(=O)OCc2ccc(NC(=O)[C@H](CCCNC(N)=O)CC(=O)[C@@H](NC(=O)CCCCCN3C(=O)C=CC3=O)C(C)C)cc2)[C@H](O)[C@H](C)O1. The third kappa shape index (κ3) is 13.9. The number of amides is 7. The number of imide groups is 1. The second-order valence-corrected chi connectivity index (χ2v) is 21.0. The Morgan fingerprint density at radius 2 is 1.59 bits per heavy atom. The molecule has 24 heteroatoms. The molecule has 7 rings (SSSR count). The summed E-state index contributed by atoms with van der Waals surface area (Å²) in [6.07, 6.45) is -3.02. The zero-order valence-corrected chi connectivity index (χ0v) is 45.5. The molecular weight excluding hydrogens is 1060 g/mol. The second-order valence-electron chi connectivity index (χ2n) is 21.0. The fourth-order valence-corrected chi connectivity index (χ4v) is 10.5. The molecule has 2 aliphatic heterocycles. The predicted octanol–water partition coefficient (Wildman–Crippen LogP) is 3.59. The van der Waals surface area contributed by atoms with Crippen LogP contribution in [0.2, 0.25) is 0 Å². The summed E-state index contributed by atoms with van der Waals surface area (Å²) in [5.74, 6) is -6.98. The molecule has 0 bridgehead atoms. The van der Waals surface area contributed by atoms with Crippen molar-refractivity contribution in [2.45, 2.75) is 141 Å². The lowest BCUT2D eigenvalue weighted by molar-refractivity contribution is -0.249. The van der Waals surface area contributed by atoms with Crippen molar-refractivity contribution in [1.82, 2.24) is 20.9 Å². The molecule has 3 aromatic rings. The Balaban J connectivity index is 0.952. The number of nitrogens with one attached hydrogen (secondary N) is 4. The van der Waals surface area contributed by atoms with Crippen molar-refractivity contribution < 1.29 is 87.3 Å². The first-order chi connectivity index (χ1) is 38.4. The number of methoxy groups -OCH3 is 1. The molecule has 0 radical (unpaired) electrons. The number of aliphatic hydroxyl groups excluding tert-OH is 1. The maximum atomic E-state index is 14.1. The van der Waals surface area contributed by atoms with E-state index < -0.39 is 119 Å². The number of primary amides is 1. The molecule has 10 N–H and O–H groups in total. The van der Waals surface area contributed by atoms with Crippen LogP contribution in [-0.2, 0) is 56.0 Å². The molecule has 8 atom stereocenters. The largest absolute Gasteiger partial charge is 0.507 e. The van der Waals surface area contributed by atoms with Crippen molar-refractivity contribution in [2.24, 2.45) is 17.6 Å². The molecule has 3 aromatic carbocycles. The third-order valence-electron chi connectivity index (χ3n) is 15.0. The molecule has 0 aromatic heterocycles. The van der Waals surface area contributed by atoms with E-state index in [0.29, 0.717) is 36.9 Å². The fourth-order valence-electron chi connectivity index (χ4n) is 10.5. The molecule has 1 saturated heterocycles. The van der Waals surface area contributed by atoms with E-state index in [9.17, 15) is 68.4 Å². The quantitative estimate of drug-likeness (QED) is 0.0275. The highest BCUT2D eigenvalue weighted by Gasteiger charge is 2.50. The average Bonchev–Trinajstić information content (AvgIpc) is 3.78. The predicted molar refractivity (Wildman–Crippen MR) is 286 cm³/mol. The number of carbonyl (C=O) groups excluding carboxylic acids is 10. The molecule has 7 amide bonds. The van der Waals surface area contributed by atoms with Gasteiger partial charge in [0.15, 0.2) is 23.6 Å². The third-order valence-corrected chi connectivity index (χ3v) is 15.0. The summed E-state index contributed by atoms with van der Waals surface area (Å²) in [6, 6.07) is 7.83. The standard InChI is InChI=1S/C57H68N6O18/c1-28(2)48(62-40(66)14-7-6-8-22-63-41(67)19-20-42(63)68)37(65)23-32(11-10-21-59-55(58)75)54(74)60-33-17-15-31(16-18-33)27-79-56(76)61-36-24-43(80-29(3)49(36)69)81-39-26-57(77,30(4)64)25-35-45(39)53(73)47-46(51(35)71)50(70)34-12-9-13-38(78-5)44(34)52(47)72/h9,12-13,15-20,28-29,32,36,39,43,48-49,69,71,73,77H,6-8,10-11,14,21-27H2,1-5H3,(H,60,74)(H,61,76)(H,62,66)(H3,58,59,75)/t29-,32+,36-,39-,43-,48-,49+,57-/m0/s1. The number of urea groups is 1. The molecule has 81 heavy (non-hydrogen) atoms. The van der Waals surface area contributed by atoms with Crippen LogP contribution >= 0.6 is 0 Å². The second kappa shape index (κ2) is 26.0. The number of Topliss-reactive ketones (excluding diaryl/α,β-unsaturated/α-hetero) is 2. The number of benzene rings is 3. The van der Waals surface area contributed by atoms with Crippen LogP contribution in [0.1, 0.15) is 140 Å². The molecule has 4 aliphatic rings. The number of unbranched alkanes of at least 4 members (excludes halogenated alkanes) is 2. The maximum absolute atomic E-state index is 14.1. The van der Waals surface area contributed by atoms with Crippen molar-refractivity contribution in [3.63, 3.8) is 0 Å². The van der Waals surface area contributed by atoms with Crippen LogP contribution in [0.25, 0.3) is 0 Å². The number of alkyl carbamates (subject to hydrolysis) is 1. The summed E-state index contributed by atoms with van der Waals surface area (Å²) < 4.78 is 23.1. The van der Waals surface area contributed by atoms with Gasteiger partial charge in [0.25, 0.3) is 11.8 Å². The Hall–Kier alpha value is -8.06. The van der Waals surface area contributed by atoms with E-state index in [1.54, 1.807) is 38.1 Å². The molecule has 24 nitrogen and oxygen atoms in total. The van der Waals surface area contributed by atoms with Crippen LogP contribution in [-0.4, -0.2) is 141 Å². The molecule has 1 fully saturated rings. The number of ether oxygens (including phenoxy) is 4. The highest BCUT2D eigenvalue weighted by Crippen LogP contribution is 2.52. The summed E-state index contributed by atoms with van der Waals surface area (Å²) in [5, 5.41) is 57.0. The summed E-state index contributed by atoms with van der Waals surface area (Å²) in [6.45, 7) is 6.26. The van der Waals surface area contributed by atoms with Crippen molar-refractivity contribution in [3.8, 4) is 17.2 Å². The number of hydrogen-bond donors (Lipinski definition) is 9. The summed E-state index contributed by atoms with van der Waals surface area (Å²) in [5.41, 5.74) is 2.20. The van der Waals surface area contributed by atoms with E-state index >= 15 is 0 Å². The van der Waals surface area contributed by atoms with Gasteiger partial charge in [0.05, 0.1) is 48.1 Å². The molecule has 434 valence electrons. The number of ketones is 4. The zero-order valence-electron chi connectivity index (χ0n) is 45.5. The summed E-state index contributed by atoms with van der Waals surface area (Å²) >= 11 is 0. The average molecular weight is 1130 g/mol. The topological polar surface area (TPSA) is 366 Å². The van der Waals surface area contributed by atoms with Crippen molar-refractivity contribution in [1.29, 1.82) is 0 Å². The lowest BCUT2D eigenvalue weighted by atomic mass is 9.72. The van der Waals surface area contributed by atoms with E-state index in [1.807, 2.05) is 0 Å². The van der Waals surface area contributed by atoms with Gasteiger partial charge in [0.1, 0.15) is 35.6 Å². The van der Waals surface area contributed by atoms with Crippen molar-refractivity contribution >= 4 is 64.6 Å². The van der Waals surface area contributed by atoms with E-state index in [4.69, 9.17) is 24.7 Å². The minimum Gasteiger partial charge on any atom is -0.507 e. The Kier molecular flexibility index (Phi) is 19.5. The molecule has 2 heterocycles. The number of phenolic OH excluding ortho intramolecular Hbond substituents is 2. The number of carbonyl (C=O) groups is 10. The Morgan fingerprint density at radius 1 is 0.901 bits per heavy atom. The number of anilines is 1. The van der Waals surface area contributed by atoms with Crippen LogP contribution in [0.15, 0.2) is 54.6 Å². The van der Waals surface area contributed by atoms with Gasteiger partial charge in [-0.05, 0) is 69.2 Å². The highest BCUT2D eigenvalue weighted by molar-refractivity contribution is 6.31. The normalized spacial score (nSPS) is 21.8. The summed E-state index contributed by atoms with van der Waals surface area (Å²) in [7, 11) is 1.30. The van der Waals surface area contributed by atoms with E-state index in [2.05, 4.69) is 21.3 Å². The van der Waals surface area contributed by atoms with Gasteiger partial charge in [-0.2, -0.15) is 0 Å². The van der Waals surface area contributed by atoms with Gasteiger partial charge in [-0.3, -0.25) is 43.3 Å². The van der Waals surface area contributed by atoms with E-state index in [1.165, 1.54) is 44.4 Å². The molecule has 0 saturated carbocycles. The number of aliphatic hydroxyl groups is 2. The number of nitrogens with zero attached hydrogens (tertiary/aromatic N) is 1. The number of phenols is 2. The Bertz CT molecular complexity index is 3000. The van der Waals surface area contributed by atoms with Crippen LogP contribution in [0, 0.1) is 11.8 Å². The van der Waals surface area contributed by atoms with Gasteiger partial charge >= 0.3 is 12.1 Å². The van der Waals surface area contributed by atoms with Crippen LogP contribution in [0.5, 0.6) is 17.2 Å². The zero-order chi connectivity index (χ0) is 59.0. The van der Waals surface area contributed by atoms with Crippen LogP contribution < -0.4 is 31.7 Å². The van der Waals surface area contributed by atoms with Gasteiger partial charge in [-0.25, -0.2) is 9.59 Å². The van der Waals surface area contributed by atoms with Crippen molar-refractivity contribution in [2.75, 3.05) is 25.5 Å². The number of nitrogens with two attached hydrogens (primary N) is 1. The van der Waals surface area contributed by atoms with Gasteiger partial charge in [-0.1, -0.05) is 44.5 Å². The monoisotopic (exact) mass is 1120 g/mol. The number of hydrogen-bond acceptors (Lipinski definition) is 18. The van der Waals surface area contributed by atoms with E-state index in [-0.39, 0.29) is 103 Å². The van der Waals surface area contributed by atoms with Crippen molar-refractivity contribution in [3.05, 3.63) is 93.6 Å². The minimum absolute atomic E-state index is 0.0470. The number of rotatable bonds is 24. The summed E-state index contributed by atoms with van der Waals surface area (Å²) in [4.78, 5) is 131. The highest BCUT2D eigenvalue weighted by atomic mass is 16.7. The fraction of sp³-hybridized carbons (Fsp3) is 0.474. The van der Waals surface area contributed by atoms with E-state index in [0.717, 1.165) is 11.8 Å². The maximum Gasteiger partial charge on any atom is 0.407 e. The molecule has 2 aliphatic carbocycles. The first-order valence-electron chi connectivity index (χ1n) is 26.7. The molecule has 0 spiro atoms. The molecule has 0 unspecified atom stereocenters. The number of fused-ring (bicyclic) bond motifs is 3.